The van der Waals surface area contributed by atoms with Crippen LogP contribution in [0.25, 0.3) is 0 Å². The summed E-state index contributed by atoms with van der Waals surface area (Å²) in [4.78, 5) is 1.14. The minimum absolute atomic E-state index is 0.223. The summed E-state index contributed by atoms with van der Waals surface area (Å²) in [5.41, 5.74) is 1.00. The SMILES string of the molecule is Fc1ccc(OCc2nnc3n2N=C(c2cccs2)CS3)cc1. The molecule has 0 amide bonds. The monoisotopic (exact) mass is 346 g/mol. The van der Waals surface area contributed by atoms with Gasteiger partial charge in [-0.2, -0.15) is 9.78 Å². The van der Waals surface area contributed by atoms with Crippen LogP contribution in [0, 0.1) is 5.82 Å². The second kappa shape index (κ2) is 6.13. The average molecular weight is 346 g/mol. The highest BCUT2D eigenvalue weighted by Crippen LogP contribution is 2.26. The van der Waals surface area contributed by atoms with Crippen LogP contribution < -0.4 is 4.74 Å². The second-order valence-electron chi connectivity index (χ2n) is 4.77. The highest BCUT2D eigenvalue weighted by Gasteiger charge is 2.20. The zero-order valence-electron chi connectivity index (χ0n) is 11.8. The van der Waals surface area contributed by atoms with Gasteiger partial charge < -0.3 is 4.74 Å². The van der Waals surface area contributed by atoms with Crippen LogP contribution in [0.1, 0.15) is 10.7 Å². The molecule has 1 aliphatic heterocycles. The molecular formula is C15H11FN4OS2. The molecule has 3 heterocycles. The Morgan fingerprint density at radius 1 is 1.17 bits per heavy atom. The summed E-state index contributed by atoms with van der Waals surface area (Å²) in [7, 11) is 0. The average Bonchev–Trinajstić information content (AvgIpc) is 3.24. The van der Waals surface area contributed by atoms with Crippen molar-refractivity contribution in [2.75, 3.05) is 5.75 Å². The quantitative estimate of drug-likeness (QED) is 0.726. The van der Waals surface area contributed by atoms with Crippen LogP contribution in [0.3, 0.4) is 0 Å². The predicted molar refractivity (Wildman–Crippen MR) is 87.7 cm³/mol. The molecule has 0 saturated carbocycles. The van der Waals surface area contributed by atoms with Crippen LogP contribution in [0.5, 0.6) is 5.75 Å². The zero-order valence-corrected chi connectivity index (χ0v) is 13.5. The first kappa shape index (κ1) is 14.4. The van der Waals surface area contributed by atoms with E-state index >= 15 is 0 Å². The molecule has 1 aliphatic rings. The summed E-state index contributed by atoms with van der Waals surface area (Å²) in [5, 5.41) is 15.7. The van der Waals surface area contributed by atoms with E-state index < -0.39 is 0 Å². The van der Waals surface area contributed by atoms with Crippen LogP contribution >= 0.6 is 23.1 Å². The van der Waals surface area contributed by atoms with Crippen molar-refractivity contribution < 1.29 is 9.13 Å². The van der Waals surface area contributed by atoms with Gasteiger partial charge in [-0.15, -0.1) is 21.5 Å². The predicted octanol–water partition coefficient (Wildman–Crippen LogP) is 3.42. The number of benzene rings is 1. The third-order valence-electron chi connectivity index (χ3n) is 3.22. The first-order valence-electron chi connectivity index (χ1n) is 6.87. The lowest BCUT2D eigenvalue weighted by Gasteiger charge is -2.12. The number of ether oxygens (including phenoxy) is 1. The number of thioether (sulfide) groups is 1. The zero-order chi connectivity index (χ0) is 15.6. The molecule has 8 heteroatoms. The Hall–Kier alpha value is -2.19. The molecular weight excluding hydrogens is 335 g/mol. The van der Waals surface area contributed by atoms with E-state index in [2.05, 4.69) is 15.3 Å². The molecule has 0 unspecified atom stereocenters. The molecule has 116 valence electrons. The molecule has 4 rings (SSSR count). The highest BCUT2D eigenvalue weighted by atomic mass is 32.2. The van der Waals surface area contributed by atoms with Gasteiger partial charge in [0.15, 0.2) is 5.82 Å². The number of rotatable bonds is 4. The molecule has 0 spiro atoms. The molecule has 0 bridgehead atoms. The van der Waals surface area contributed by atoms with Crippen LogP contribution in [0.2, 0.25) is 0 Å². The van der Waals surface area contributed by atoms with Gasteiger partial charge in [-0.3, -0.25) is 0 Å². The van der Waals surface area contributed by atoms with Gasteiger partial charge in [0.1, 0.15) is 18.2 Å². The lowest BCUT2D eigenvalue weighted by molar-refractivity contribution is 0.289. The molecule has 5 nitrogen and oxygen atoms in total. The first-order chi connectivity index (χ1) is 11.3. The summed E-state index contributed by atoms with van der Waals surface area (Å²) in [6, 6.07) is 9.94. The van der Waals surface area contributed by atoms with Gasteiger partial charge in [0.05, 0.1) is 10.6 Å². The maximum absolute atomic E-state index is 12.9. The van der Waals surface area contributed by atoms with Crippen molar-refractivity contribution in [3.8, 4) is 5.75 Å². The molecule has 0 atom stereocenters. The molecule has 2 aromatic heterocycles. The van der Waals surface area contributed by atoms with E-state index in [0.29, 0.717) is 11.6 Å². The number of halogens is 1. The minimum atomic E-state index is -0.293. The summed E-state index contributed by atoms with van der Waals surface area (Å²) in [6.07, 6.45) is 0. The summed E-state index contributed by atoms with van der Waals surface area (Å²) < 4.78 is 20.2. The number of hydrogen-bond donors (Lipinski definition) is 0. The lowest BCUT2D eigenvalue weighted by Crippen LogP contribution is -2.14. The van der Waals surface area contributed by atoms with Crippen molar-refractivity contribution in [2.45, 2.75) is 11.8 Å². The third-order valence-corrected chi connectivity index (χ3v) is 5.07. The fraction of sp³-hybridized carbons (Fsp3) is 0.133. The third kappa shape index (κ3) is 2.99. The summed E-state index contributed by atoms with van der Waals surface area (Å²) in [6.45, 7) is 0.223. The molecule has 0 aliphatic carbocycles. The van der Waals surface area contributed by atoms with E-state index in [4.69, 9.17) is 4.74 Å². The molecule has 23 heavy (non-hydrogen) atoms. The number of nitrogens with zero attached hydrogens (tertiary/aromatic N) is 4. The van der Waals surface area contributed by atoms with E-state index in [9.17, 15) is 4.39 Å². The Kier molecular flexibility index (Phi) is 3.84. The fourth-order valence-electron chi connectivity index (χ4n) is 2.10. The van der Waals surface area contributed by atoms with Crippen molar-refractivity contribution in [1.82, 2.24) is 14.9 Å². The molecule has 3 aromatic rings. The van der Waals surface area contributed by atoms with E-state index in [0.717, 1.165) is 21.5 Å². The van der Waals surface area contributed by atoms with Gasteiger partial charge >= 0.3 is 0 Å². The maximum atomic E-state index is 12.9. The fourth-order valence-corrected chi connectivity index (χ4v) is 3.75. The minimum Gasteiger partial charge on any atom is -0.486 e. The van der Waals surface area contributed by atoms with Gasteiger partial charge in [-0.1, -0.05) is 17.8 Å². The largest absolute Gasteiger partial charge is 0.486 e. The van der Waals surface area contributed by atoms with Crippen molar-refractivity contribution in [1.29, 1.82) is 0 Å². The normalized spacial score (nSPS) is 13.5. The van der Waals surface area contributed by atoms with Crippen molar-refractivity contribution in [3.63, 3.8) is 0 Å². The first-order valence-corrected chi connectivity index (χ1v) is 8.73. The van der Waals surface area contributed by atoms with Gasteiger partial charge in [0.25, 0.3) is 0 Å². The molecule has 0 fully saturated rings. The van der Waals surface area contributed by atoms with E-state index in [1.807, 2.05) is 17.5 Å². The van der Waals surface area contributed by atoms with Gasteiger partial charge in [-0.25, -0.2) is 4.39 Å². The topological polar surface area (TPSA) is 52.3 Å². The Morgan fingerprint density at radius 2 is 2.04 bits per heavy atom. The maximum Gasteiger partial charge on any atom is 0.212 e. The summed E-state index contributed by atoms with van der Waals surface area (Å²) in [5.74, 6) is 1.68. The number of aromatic nitrogens is 3. The number of hydrogen-bond acceptors (Lipinski definition) is 6. The number of fused-ring (bicyclic) bond motifs is 1. The van der Waals surface area contributed by atoms with Crippen molar-refractivity contribution in [3.05, 3.63) is 58.3 Å². The Labute approximate surface area is 139 Å². The highest BCUT2D eigenvalue weighted by molar-refractivity contribution is 7.99. The van der Waals surface area contributed by atoms with E-state index in [1.54, 1.807) is 39.9 Å². The van der Waals surface area contributed by atoms with E-state index in [-0.39, 0.29) is 12.4 Å². The van der Waals surface area contributed by atoms with Crippen LogP contribution in [-0.4, -0.2) is 26.3 Å². The van der Waals surface area contributed by atoms with Crippen molar-refractivity contribution in [2.24, 2.45) is 5.10 Å². The van der Waals surface area contributed by atoms with Crippen LogP contribution in [-0.2, 0) is 6.61 Å². The van der Waals surface area contributed by atoms with Crippen molar-refractivity contribution >= 4 is 28.8 Å². The van der Waals surface area contributed by atoms with Gasteiger partial charge in [0.2, 0.25) is 5.16 Å². The standard InChI is InChI=1S/C15H11FN4OS2/c16-10-3-5-11(6-4-10)21-8-14-17-18-15-20(14)19-12(9-23-15)13-2-1-7-22-13/h1-7H,8-9H2. The van der Waals surface area contributed by atoms with Gasteiger partial charge in [-0.05, 0) is 35.7 Å². The Balaban J connectivity index is 1.56. The smallest absolute Gasteiger partial charge is 0.212 e. The summed E-state index contributed by atoms with van der Waals surface area (Å²) >= 11 is 3.26. The van der Waals surface area contributed by atoms with Gasteiger partial charge in [0, 0.05) is 5.75 Å². The van der Waals surface area contributed by atoms with Crippen LogP contribution in [0.4, 0.5) is 4.39 Å². The van der Waals surface area contributed by atoms with E-state index in [1.165, 1.54) is 12.1 Å². The molecule has 0 N–H and O–H groups in total. The second-order valence-corrected chi connectivity index (χ2v) is 6.66. The molecule has 0 saturated heterocycles. The number of thiophene rings is 1. The Morgan fingerprint density at radius 3 is 2.83 bits per heavy atom. The van der Waals surface area contributed by atoms with Crippen LogP contribution in [0.15, 0.2) is 52.0 Å². The lowest BCUT2D eigenvalue weighted by atomic mass is 10.3. The Bertz CT molecular complexity index is 843. The molecule has 1 aromatic carbocycles. The molecule has 0 radical (unpaired) electrons.